The first-order valence-electron chi connectivity index (χ1n) is 6.98. The Kier molecular flexibility index (Phi) is 4.98. The third-order valence-electron chi connectivity index (χ3n) is 3.40. The van der Waals surface area contributed by atoms with Gasteiger partial charge in [0.1, 0.15) is 0 Å². The molecule has 1 amide bonds. The van der Waals surface area contributed by atoms with Gasteiger partial charge in [-0.3, -0.25) is 4.79 Å². The Bertz CT molecular complexity index is 747. The Morgan fingerprint density at radius 3 is 2.05 bits per heavy atom. The molecule has 0 unspecified atom stereocenters. The highest BCUT2D eigenvalue weighted by molar-refractivity contribution is 7.90. The van der Waals surface area contributed by atoms with Crippen molar-refractivity contribution in [1.82, 2.24) is 5.32 Å². The molecule has 0 heterocycles. The molecule has 0 aliphatic carbocycles. The van der Waals surface area contributed by atoms with E-state index in [0.717, 1.165) is 11.1 Å². The summed E-state index contributed by atoms with van der Waals surface area (Å²) in [6.45, 7) is 1.92. The fourth-order valence-electron chi connectivity index (χ4n) is 2.08. The summed E-state index contributed by atoms with van der Waals surface area (Å²) in [5, 5.41) is 2.56. The lowest BCUT2D eigenvalue weighted by Crippen LogP contribution is -2.19. The number of hydrogen-bond acceptors (Lipinski definition) is 3. The minimum absolute atomic E-state index is 0.0453. The van der Waals surface area contributed by atoms with Gasteiger partial charge >= 0.3 is 0 Å². The van der Waals surface area contributed by atoms with Gasteiger partial charge in [-0.2, -0.15) is 0 Å². The van der Waals surface area contributed by atoms with Gasteiger partial charge in [-0.1, -0.05) is 42.0 Å². The Morgan fingerprint density at radius 2 is 1.50 bits per heavy atom. The molecule has 0 aliphatic rings. The van der Waals surface area contributed by atoms with E-state index in [4.69, 9.17) is 0 Å². The zero-order chi connectivity index (χ0) is 16.2. The van der Waals surface area contributed by atoms with Gasteiger partial charge in [0.15, 0.2) is 9.84 Å². The van der Waals surface area contributed by atoms with E-state index in [-0.39, 0.29) is 11.7 Å². The van der Waals surface area contributed by atoms with E-state index in [9.17, 15) is 13.2 Å². The average Bonchev–Trinajstić information content (AvgIpc) is 2.49. The van der Waals surface area contributed by atoms with Crippen molar-refractivity contribution in [3.63, 3.8) is 0 Å². The fraction of sp³-hybridized carbons (Fsp3) is 0.235. The van der Waals surface area contributed by atoms with E-state index in [1.54, 1.807) is 55.6 Å². The normalized spacial score (nSPS) is 11.2. The minimum Gasteiger partial charge on any atom is -0.359 e. The third-order valence-corrected chi connectivity index (χ3v) is 5.11. The maximum Gasteiger partial charge on any atom is 0.224 e. The van der Waals surface area contributed by atoms with E-state index < -0.39 is 9.84 Å². The van der Waals surface area contributed by atoms with Crippen LogP contribution in [-0.4, -0.2) is 21.4 Å². The Labute approximate surface area is 131 Å². The van der Waals surface area contributed by atoms with Gasteiger partial charge in [0.2, 0.25) is 5.91 Å². The number of nitrogens with one attached hydrogen (secondary N) is 1. The number of likely N-dealkylation sites (N-methyl/N-ethyl adjacent to an activating group) is 1. The Balaban J connectivity index is 2.13. The second-order valence-electron chi connectivity index (χ2n) is 5.24. The number of rotatable bonds is 5. The van der Waals surface area contributed by atoms with Gasteiger partial charge in [0, 0.05) is 7.05 Å². The fourth-order valence-corrected chi connectivity index (χ4v) is 3.42. The van der Waals surface area contributed by atoms with Crippen molar-refractivity contribution in [2.45, 2.75) is 24.0 Å². The van der Waals surface area contributed by atoms with Gasteiger partial charge in [-0.25, -0.2) is 8.42 Å². The minimum atomic E-state index is -3.35. The molecule has 0 spiro atoms. The largest absolute Gasteiger partial charge is 0.359 e. The molecule has 0 fully saturated rings. The summed E-state index contributed by atoms with van der Waals surface area (Å²) < 4.78 is 24.7. The molecule has 2 aromatic rings. The van der Waals surface area contributed by atoms with Crippen molar-refractivity contribution in [3.05, 3.63) is 65.2 Å². The van der Waals surface area contributed by atoms with Crippen LogP contribution >= 0.6 is 0 Å². The molecule has 4 nitrogen and oxygen atoms in total. The predicted octanol–water partition coefficient (Wildman–Crippen LogP) is 2.26. The highest BCUT2D eigenvalue weighted by atomic mass is 32.2. The van der Waals surface area contributed by atoms with E-state index in [1.807, 2.05) is 6.92 Å². The highest BCUT2D eigenvalue weighted by Gasteiger charge is 2.15. The van der Waals surface area contributed by atoms with Crippen molar-refractivity contribution in [2.24, 2.45) is 0 Å². The molecule has 0 aromatic heterocycles. The van der Waals surface area contributed by atoms with Crippen LogP contribution in [0.2, 0.25) is 0 Å². The third kappa shape index (κ3) is 4.18. The maximum absolute atomic E-state index is 12.4. The number of benzene rings is 2. The summed E-state index contributed by atoms with van der Waals surface area (Å²) in [5.74, 6) is -0.115. The number of aryl methyl sites for hydroxylation is 1. The lowest BCUT2D eigenvalue weighted by Gasteiger charge is -2.06. The number of sulfone groups is 1. The summed E-state index contributed by atoms with van der Waals surface area (Å²) in [6.07, 6.45) is 0.293. The molecule has 116 valence electrons. The summed E-state index contributed by atoms with van der Waals surface area (Å²) in [5.41, 5.74) is 2.59. The molecule has 0 atom stereocenters. The summed E-state index contributed by atoms with van der Waals surface area (Å²) >= 11 is 0. The number of hydrogen-bond donors (Lipinski definition) is 1. The molecular weight excluding hydrogens is 298 g/mol. The molecule has 0 bridgehead atoms. The molecular formula is C17H19NO3S. The Morgan fingerprint density at radius 1 is 0.955 bits per heavy atom. The molecule has 5 heteroatoms. The lowest BCUT2D eigenvalue weighted by molar-refractivity contribution is -0.119. The standard InChI is InChI=1S/C17H19NO3S/c1-13-3-9-16(10-4-13)22(20,21)12-15-7-5-14(6-8-15)11-17(19)18-2/h3-10H,11-12H2,1-2H3,(H,18,19). The van der Waals surface area contributed by atoms with Gasteiger partial charge < -0.3 is 5.32 Å². The van der Waals surface area contributed by atoms with E-state index in [1.165, 1.54) is 0 Å². The van der Waals surface area contributed by atoms with Crippen molar-refractivity contribution < 1.29 is 13.2 Å². The molecule has 0 saturated carbocycles. The van der Waals surface area contributed by atoms with Crippen LogP contribution in [0, 0.1) is 6.92 Å². The molecule has 2 aromatic carbocycles. The number of carbonyl (C=O) groups excluding carboxylic acids is 1. The van der Waals surface area contributed by atoms with Crippen LogP contribution in [-0.2, 0) is 26.8 Å². The van der Waals surface area contributed by atoms with E-state index >= 15 is 0 Å². The first kappa shape index (κ1) is 16.2. The second-order valence-corrected chi connectivity index (χ2v) is 7.23. The van der Waals surface area contributed by atoms with Gasteiger partial charge in [-0.05, 0) is 30.2 Å². The second kappa shape index (κ2) is 6.75. The number of amides is 1. The van der Waals surface area contributed by atoms with Crippen molar-refractivity contribution >= 4 is 15.7 Å². The van der Waals surface area contributed by atoms with Gasteiger partial charge in [-0.15, -0.1) is 0 Å². The van der Waals surface area contributed by atoms with E-state index in [0.29, 0.717) is 16.9 Å². The molecule has 22 heavy (non-hydrogen) atoms. The zero-order valence-corrected chi connectivity index (χ0v) is 13.5. The number of carbonyl (C=O) groups is 1. The quantitative estimate of drug-likeness (QED) is 0.920. The van der Waals surface area contributed by atoms with E-state index in [2.05, 4.69) is 5.32 Å². The van der Waals surface area contributed by atoms with Crippen molar-refractivity contribution in [3.8, 4) is 0 Å². The predicted molar refractivity (Wildman–Crippen MR) is 86.3 cm³/mol. The monoisotopic (exact) mass is 317 g/mol. The highest BCUT2D eigenvalue weighted by Crippen LogP contribution is 2.17. The molecule has 2 rings (SSSR count). The molecule has 0 saturated heterocycles. The van der Waals surface area contributed by atoms with Crippen LogP contribution in [0.3, 0.4) is 0 Å². The Hall–Kier alpha value is -2.14. The first-order valence-corrected chi connectivity index (χ1v) is 8.64. The van der Waals surface area contributed by atoms with Crippen LogP contribution < -0.4 is 5.32 Å². The molecule has 1 N–H and O–H groups in total. The van der Waals surface area contributed by atoms with Crippen LogP contribution in [0.1, 0.15) is 16.7 Å². The molecule has 0 radical (unpaired) electrons. The molecule has 0 aliphatic heterocycles. The van der Waals surface area contributed by atoms with Gasteiger partial charge in [0.05, 0.1) is 17.1 Å². The van der Waals surface area contributed by atoms with Crippen molar-refractivity contribution in [2.75, 3.05) is 7.05 Å². The van der Waals surface area contributed by atoms with Crippen LogP contribution in [0.25, 0.3) is 0 Å². The van der Waals surface area contributed by atoms with Crippen LogP contribution in [0.4, 0.5) is 0 Å². The van der Waals surface area contributed by atoms with Crippen molar-refractivity contribution in [1.29, 1.82) is 0 Å². The maximum atomic E-state index is 12.4. The summed E-state index contributed by atoms with van der Waals surface area (Å²) in [4.78, 5) is 11.6. The lowest BCUT2D eigenvalue weighted by atomic mass is 10.1. The SMILES string of the molecule is CNC(=O)Cc1ccc(CS(=O)(=O)c2ccc(C)cc2)cc1. The summed E-state index contributed by atoms with van der Waals surface area (Å²) in [6, 6.07) is 13.9. The smallest absolute Gasteiger partial charge is 0.224 e. The zero-order valence-electron chi connectivity index (χ0n) is 12.7. The van der Waals surface area contributed by atoms with Crippen LogP contribution in [0.5, 0.6) is 0 Å². The average molecular weight is 317 g/mol. The summed E-state index contributed by atoms with van der Waals surface area (Å²) in [7, 11) is -1.76. The van der Waals surface area contributed by atoms with Crippen LogP contribution in [0.15, 0.2) is 53.4 Å². The van der Waals surface area contributed by atoms with Gasteiger partial charge in [0.25, 0.3) is 0 Å². The first-order chi connectivity index (χ1) is 10.4. The topological polar surface area (TPSA) is 63.2 Å².